The smallest absolute Gasteiger partial charge is 0.490 e. The van der Waals surface area contributed by atoms with Gasteiger partial charge in [0.25, 0.3) is 0 Å². The van der Waals surface area contributed by atoms with E-state index in [0.29, 0.717) is 11.5 Å². The van der Waals surface area contributed by atoms with Crippen molar-refractivity contribution in [1.82, 2.24) is 0 Å². The summed E-state index contributed by atoms with van der Waals surface area (Å²) in [5.41, 5.74) is 1.16. The molecule has 0 aromatic heterocycles. The minimum Gasteiger partial charge on any atom is -0.490 e. The molecule has 3 nitrogen and oxygen atoms in total. The van der Waals surface area contributed by atoms with Crippen LogP contribution in [0.25, 0.3) is 0 Å². The summed E-state index contributed by atoms with van der Waals surface area (Å²) in [5.74, 6) is 2.18. The second-order valence-electron chi connectivity index (χ2n) is 5.98. The van der Waals surface area contributed by atoms with Gasteiger partial charge in [-0.1, -0.05) is 67.9 Å². The van der Waals surface area contributed by atoms with Crippen molar-refractivity contribution >= 4 is 26.2 Å². The fourth-order valence-corrected chi connectivity index (χ4v) is 2.59. The van der Waals surface area contributed by atoms with Gasteiger partial charge in [-0.25, -0.2) is 0 Å². The van der Waals surface area contributed by atoms with Crippen LogP contribution < -0.4 is 14.0 Å². The minimum absolute atomic E-state index is 0. The van der Waals surface area contributed by atoms with Crippen molar-refractivity contribution in [3.8, 4) is 17.2 Å². The number of unbranched alkanes of at least 4 members (excludes halogenated alkanes) is 1. The van der Waals surface area contributed by atoms with E-state index < -0.39 is 7.32 Å². The fraction of sp³-hybridized carbons (Fsp3) is 0.182. The standard InChI is InChI=1S/C22H23BO3.Li/c1-2-3-12-19-13-10-11-18-22(19)26-23(24-20-14-6-4-7-15-20)25-21-16-8-5-9-17-21;/h4-11,13-18H,2-3,12H2,1H3;. The topological polar surface area (TPSA) is 27.7 Å². The van der Waals surface area contributed by atoms with Crippen molar-refractivity contribution in [2.75, 3.05) is 0 Å². The molecule has 0 heterocycles. The SMILES string of the molecule is CCCCc1ccccc1OB(Oc1ccccc1)Oc1ccccc1.[Li]. The van der Waals surface area contributed by atoms with E-state index in [1.165, 1.54) is 0 Å². The van der Waals surface area contributed by atoms with Crippen LogP contribution in [0.3, 0.4) is 0 Å². The zero-order valence-electron chi connectivity index (χ0n) is 16.0. The zero-order valence-corrected chi connectivity index (χ0v) is 16.0. The van der Waals surface area contributed by atoms with E-state index in [4.69, 9.17) is 14.0 Å². The zero-order chi connectivity index (χ0) is 18.0. The third kappa shape index (κ3) is 6.75. The first-order valence-corrected chi connectivity index (χ1v) is 9.03. The van der Waals surface area contributed by atoms with Gasteiger partial charge in [0.1, 0.15) is 17.2 Å². The molecule has 0 aliphatic heterocycles. The van der Waals surface area contributed by atoms with Crippen LogP contribution in [0.2, 0.25) is 0 Å². The summed E-state index contributed by atoms with van der Waals surface area (Å²) in [4.78, 5) is 0. The van der Waals surface area contributed by atoms with E-state index in [1.54, 1.807) is 0 Å². The third-order valence-corrected chi connectivity index (χ3v) is 3.95. The molecular weight excluding hydrogens is 330 g/mol. The molecule has 133 valence electrons. The molecule has 27 heavy (non-hydrogen) atoms. The quantitative estimate of drug-likeness (QED) is 0.497. The van der Waals surface area contributed by atoms with Crippen LogP contribution >= 0.6 is 0 Å². The summed E-state index contributed by atoms with van der Waals surface area (Å²) in [6, 6.07) is 27.1. The van der Waals surface area contributed by atoms with Gasteiger partial charge < -0.3 is 14.0 Å². The molecule has 3 rings (SSSR count). The molecular formula is C22H23BLiO3. The molecule has 0 spiro atoms. The molecule has 0 amide bonds. The molecule has 0 aliphatic carbocycles. The molecule has 3 aromatic carbocycles. The summed E-state index contributed by atoms with van der Waals surface area (Å²) in [5, 5.41) is 0. The molecule has 0 unspecified atom stereocenters. The summed E-state index contributed by atoms with van der Waals surface area (Å²) >= 11 is 0. The van der Waals surface area contributed by atoms with Gasteiger partial charge in [0.15, 0.2) is 0 Å². The molecule has 0 bridgehead atoms. The second kappa shape index (κ2) is 11.4. The van der Waals surface area contributed by atoms with Gasteiger partial charge in [0.05, 0.1) is 0 Å². The van der Waals surface area contributed by atoms with Crippen LogP contribution in [-0.4, -0.2) is 26.2 Å². The van der Waals surface area contributed by atoms with E-state index in [0.717, 1.165) is 30.6 Å². The molecule has 0 aliphatic rings. The van der Waals surface area contributed by atoms with Crippen LogP contribution in [0.15, 0.2) is 84.9 Å². The van der Waals surface area contributed by atoms with Crippen molar-refractivity contribution in [2.24, 2.45) is 0 Å². The van der Waals surface area contributed by atoms with Crippen molar-refractivity contribution < 1.29 is 14.0 Å². The van der Waals surface area contributed by atoms with E-state index >= 15 is 0 Å². The first kappa shape index (κ1) is 21.0. The van der Waals surface area contributed by atoms with Gasteiger partial charge in [-0.3, -0.25) is 0 Å². The average molecular weight is 353 g/mol. The predicted octanol–water partition coefficient (Wildman–Crippen LogP) is 5.17. The molecule has 5 heteroatoms. The maximum Gasteiger partial charge on any atom is 0.864 e. The second-order valence-corrected chi connectivity index (χ2v) is 5.98. The van der Waals surface area contributed by atoms with Gasteiger partial charge in [-0.2, -0.15) is 0 Å². The van der Waals surface area contributed by atoms with E-state index in [-0.39, 0.29) is 18.9 Å². The molecule has 0 saturated carbocycles. The Morgan fingerprint density at radius 2 is 1.19 bits per heavy atom. The van der Waals surface area contributed by atoms with Crippen LogP contribution in [-0.2, 0) is 6.42 Å². The Morgan fingerprint density at radius 3 is 1.74 bits per heavy atom. The van der Waals surface area contributed by atoms with Crippen LogP contribution in [0, 0.1) is 0 Å². The Morgan fingerprint density at radius 1 is 0.667 bits per heavy atom. The Bertz CT molecular complexity index is 742. The van der Waals surface area contributed by atoms with Crippen LogP contribution in [0.4, 0.5) is 0 Å². The van der Waals surface area contributed by atoms with Gasteiger partial charge in [0, 0.05) is 18.9 Å². The first-order chi connectivity index (χ1) is 12.8. The monoisotopic (exact) mass is 353 g/mol. The summed E-state index contributed by atoms with van der Waals surface area (Å²) < 4.78 is 18.0. The Kier molecular flexibility index (Phi) is 8.91. The summed E-state index contributed by atoms with van der Waals surface area (Å²) in [7, 11) is -0.873. The van der Waals surface area contributed by atoms with Crippen LogP contribution in [0.5, 0.6) is 17.2 Å². The predicted molar refractivity (Wildman–Crippen MR) is 111 cm³/mol. The Hall–Kier alpha value is -2.28. The Balaban J connectivity index is 0.00000261. The summed E-state index contributed by atoms with van der Waals surface area (Å²) in [6.45, 7) is 2.18. The van der Waals surface area contributed by atoms with Crippen molar-refractivity contribution in [2.45, 2.75) is 26.2 Å². The maximum atomic E-state index is 6.11. The summed E-state index contributed by atoms with van der Waals surface area (Å²) in [6.07, 6.45) is 3.22. The normalized spacial score (nSPS) is 9.81. The van der Waals surface area contributed by atoms with Gasteiger partial charge >= 0.3 is 7.32 Å². The molecule has 0 saturated heterocycles. The van der Waals surface area contributed by atoms with E-state index in [2.05, 4.69) is 13.0 Å². The van der Waals surface area contributed by atoms with E-state index in [1.807, 2.05) is 78.9 Å². The fourth-order valence-electron chi connectivity index (χ4n) is 2.59. The maximum absolute atomic E-state index is 6.11. The number of hydrogen-bond donors (Lipinski definition) is 0. The van der Waals surface area contributed by atoms with Crippen LogP contribution in [0.1, 0.15) is 25.3 Å². The molecule has 0 fully saturated rings. The Labute approximate surface area is 174 Å². The largest absolute Gasteiger partial charge is 0.864 e. The minimum atomic E-state index is -0.873. The van der Waals surface area contributed by atoms with Gasteiger partial charge in [0.2, 0.25) is 0 Å². The molecule has 0 N–H and O–H groups in total. The number of para-hydroxylation sites is 3. The number of rotatable bonds is 9. The molecule has 3 aromatic rings. The number of aryl methyl sites for hydroxylation is 1. The third-order valence-electron chi connectivity index (χ3n) is 3.95. The van der Waals surface area contributed by atoms with Gasteiger partial charge in [-0.15, -0.1) is 0 Å². The van der Waals surface area contributed by atoms with E-state index in [9.17, 15) is 0 Å². The number of benzene rings is 3. The molecule has 1 radical (unpaired) electrons. The van der Waals surface area contributed by atoms with Crippen molar-refractivity contribution in [1.29, 1.82) is 0 Å². The average Bonchev–Trinajstić information content (AvgIpc) is 2.69. The number of hydrogen-bond acceptors (Lipinski definition) is 3. The van der Waals surface area contributed by atoms with Crippen molar-refractivity contribution in [3.05, 3.63) is 90.5 Å². The van der Waals surface area contributed by atoms with Crippen molar-refractivity contribution in [3.63, 3.8) is 0 Å². The first-order valence-electron chi connectivity index (χ1n) is 9.03. The molecule has 0 atom stereocenters. The van der Waals surface area contributed by atoms with Gasteiger partial charge in [-0.05, 0) is 48.7 Å².